The van der Waals surface area contributed by atoms with Crippen LogP contribution in [0.4, 0.5) is 5.82 Å². The van der Waals surface area contributed by atoms with Gasteiger partial charge in [-0.1, -0.05) is 24.3 Å². The average Bonchev–Trinajstić information content (AvgIpc) is 2.87. The molecule has 33 heavy (non-hydrogen) atoms. The number of fused-ring (bicyclic) bond motifs is 1. The van der Waals surface area contributed by atoms with Crippen molar-refractivity contribution in [3.05, 3.63) is 99.1 Å². The number of piperazine rings is 1. The molecule has 1 aromatic carbocycles. The minimum atomic E-state index is -0.511. The number of amides is 1. The van der Waals surface area contributed by atoms with E-state index in [1.165, 1.54) is 4.57 Å². The summed E-state index contributed by atoms with van der Waals surface area (Å²) in [5.74, 6) is 0.763. The molecule has 9 heteroatoms. The van der Waals surface area contributed by atoms with E-state index in [-0.39, 0.29) is 12.5 Å². The summed E-state index contributed by atoms with van der Waals surface area (Å²) in [7, 11) is 0. The highest BCUT2D eigenvalue weighted by Crippen LogP contribution is 2.15. The van der Waals surface area contributed by atoms with E-state index < -0.39 is 11.2 Å². The molecule has 3 aromatic heterocycles. The van der Waals surface area contributed by atoms with Crippen molar-refractivity contribution in [2.45, 2.75) is 6.54 Å². The zero-order valence-corrected chi connectivity index (χ0v) is 17.8. The number of nitrogens with zero attached hydrogens (tertiary/aromatic N) is 5. The molecule has 0 radical (unpaired) electrons. The fraction of sp³-hybridized carbons (Fsp3) is 0.208. The van der Waals surface area contributed by atoms with Crippen LogP contribution in [0.15, 0.2) is 76.4 Å². The molecule has 0 bridgehead atoms. The number of pyridine rings is 2. The molecule has 1 N–H and O–H groups in total. The van der Waals surface area contributed by atoms with Crippen molar-refractivity contribution in [1.29, 1.82) is 0 Å². The second-order valence-corrected chi connectivity index (χ2v) is 7.84. The predicted molar refractivity (Wildman–Crippen MR) is 125 cm³/mol. The predicted octanol–water partition coefficient (Wildman–Crippen LogP) is 1.49. The van der Waals surface area contributed by atoms with Crippen LogP contribution in [0.3, 0.4) is 0 Å². The van der Waals surface area contributed by atoms with Crippen LogP contribution in [0.25, 0.3) is 10.9 Å². The van der Waals surface area contributed by atoms with E-state index in [2.05, 4.69) is 19.9 Å². The molecule has 0 spiro atoms. The second kappa shape index (κ2) is 8.70. The molecule has 1 aliphatic heterocycles. The molecular weight excluding hydrogens is 420 g/mol. The smallest absolute Gasteiger partial charge is 0.329 e. The number of nitrogens with one attached hydrogen (secondary N) is 1. The molecule has 166 valence electrons. The number of benzene rings is 1. The van der Waals surface area contributed by atoms with Crippen LogP contribution in [0.2, 0.25) is 0 Å². The summed E-state index contributed by atoms with van der Waals surface area (Å²) in [6.45, 7) is 2.68. The largest absolute Gasteiger partial charge is 0.353 e. The highest BCUT2D eigenvalue weighted by atomic mass is 16.2. The summed E-state index contributed by atoms with van der Waals surface area (Å²) in [4.78, 5) is 52.8. The van der Waals surface area contributed by atoms with Gasteiger partial charge in [-0.05, 0) is 36.4 Å². The molecule has 1 amide bonds. The third-order valence-corrected chi connectivity index (χ3v) is 5.79. The van der Waals surface area contributed by atoms with Gasteiger partial charge in [0.05, 0.1) is 23.1 Å². The molecule has 0 saturated carbocycles. The van der Waals surface area contributed by atoms with Gasteiger partial charge in [0.25, 0.3) is 11.5 Å². The molecule has 9 nitrogen and oxygen atoms in total. The number of aromatic nitrogens is 4. The standard InChI is InChI=1S/C24H22N6O3/c31-22-18-7-1-2-9-20(18)30(24(33)27-22)16-17-6-5-8-19(26-17)23(32)29-14-12-28(13-15-29)21-10-3-4-11-25-21/h1-11H,12-16H2,(H,27,31,33). The van der Waals surface area contributed by atoms with Crippen molar-refractivity contribution in [3.63, 3.8) is 0 Å². The van der Waals surface area contributed by atoms with Gasteiger partial charge in [0, 0.05) is 32.4 Å². The Hall–Kier alpha value is -4.27. The molecule has 1 aliphatic rings. The van der Waals surface area contributed by atoms with Crippen molar-refractivity contribution < 1.29 is 4.79 Å². The van der Waals surface area contributed by atoms with Gasteiger partial charge in [-0.15, -0.1) is 0 Å². The molecule has 1 saturated heterocycles. The molecule has 4 heterocycles. The summed E-state index contributed by atoms with van der Waals surface area (Å²) in [6.07, 6.45) is 1.76. The molecule has 0 atom stereocenters. The Kier molecular flexibility index (Phi) is 5.43. The summed E-state index contributed by atoms with van der Waals surface area (Å²) >= 11 is 0. The Morgan fingerprint density at radius 1 is 0.909 bits per heavy atom. The highest BCUT2D eigenvalue weighted by molar-refractivity contribution is 5.92. The van der Waals surface area contributed by atoms with E-state index in [0.717, 1.165) is 5.82 Å². The average molecular weight is 442 g/mol. The number of H-pyrrole nitrogens is 1. The van der Waals surface area contributed by atoms with Crippen LogP contribution in [-0.2, 0) is 6.54 Å². The summed E-state index contributed by atoms with van der Waals surface area (Å²) in [5.41, 5.74) is 0.486. The van der Waals surface area contributed by atoms with Gasteiger partial charge in [-0.2, -0.15) is 0 Å². The zero-order chi connectivity index (χ0) is 22.8. The SMILES string of the molecule is O=C(c1cccc(Cn2c(=O)[nH]c(=O)c3ccccc32)n1)N1CCN(c2ccccn2)CC1. The number of hydrogen-bond acceptors (Lipinski definition) is 6. The third kappa shape index (κ3) is 4.12. The topological polar surface area (TPSA) is 104 Å². The van der Waals surface area contributed by atoms with Crippen LogP contribution in [0, 0.1) is 0 Å². The number of carbonyl (C=O) groups is 1. The lowest BCUT2D eigenvalue weighted by Crippen LogP contribution is -2.49. The maximum absolute atomic E-state index is 13.1. The normalized spacial score (nSPS) is 13.9. The van der Waals surface area contributed by atoms with Gasteiger partial charge in [0.1, 0.15) is 11.5 Å². The Bertz CT molecular complexity index is 1420. The van der Waals surface area contributed by atoms with E-state index in [0.29, 0.717) is 48.5 Å². The second-order valence-electron chi connectivity index (χ2n) is 7.84. The summed E-state index contributed by atoms with van der Waals surface area (Å²) in [5, 5.41) is 0.426. The van der Waals surface area contributed by atoms with E-state index in [1.807, 2.05) is 18.2 Å². The van der Waals surface area contributed by atoms with Crippen LogP contribution >= 0.6 is 0 Å². The van der Waals surface area contributed by atoms with Crippen LogP contribution in [0.5, 0.6) is 0 Å². The van der Waals surface area contributed by atoms with Crippen molar-refractivity contribution in [1.82, 2.24) is 24.4 Å². The maximum atomic E-state index is 13.1. The lowest BCUT2D eigenvalue weighted by molar-refractivity contribution is 0.0740. The molecular formula is C24H22N6O3. The monoisotopic (exact) mass is 442 g/mol. The third-order valence-electron chi connectivity index (χ3n) is 5.79. The van der Waals surface area contributed by atoms with Crippen molar-refractivity contribution in [2.75, 3.05) is 31.1 Å². The van der Waals surface area contributed by atoms with E-state index in [9.17, 15) is 14.4 Å². The van der Waals surface area contributed by atoms with Crippen molar-refractivity contribution in [3.8, 4) is 0 Å². The van der Waals surface area contributed by atoms with Crippen LogP contribution in [-0.4, -0.2) is 56.5 Å². The Morgan fingerprint density at radius 2 is 1.70 bits per heavy atom. The number of anilines is 1. The van der Waals surface area contributed by atoms with E-state index in [1.54, 1.807) is 53.6 Å². The Morgan fingerprint density at radius 3 is 2.48 bits per heavy atom. The van der Waals surface area contributed by atoms with E-state index >= 15 is 0 Å². The van der Waals surface area contributed by atoms with Gasteiger partial charge in [-0.3, -0.25) is 19.1 Å². The highest BCUT2D eigenvalue weighted by Gasteiger charge is 2.23. The van der Waals surface area contributed by atoms with Gasteiger partial charge in [0.2, 0.25) is 0 Å². The Balaban J connectivity index is 1.34. The molecule has 4 aromatic rings. The zero-order valence-electron chi connectivity index (χ0n) is 17.8. The number of para-hydroxylation sites is 1. The number of aromatic amines is 1. The first-order valence-electron chi connectivity index (χ1n) is 10.7. The van der Waals surface area contributed by atoms with Crippen LogP contribution in [0.1, 0.15) is 16.2 Å². The maximum Gasteiger partial charge on any atom is 0.329 e. The quantitative estimate of drug-likeness (QED) is 0.514. The summed E-state index contributed by atoms with van der Waals surface area (Å²) in [6, 6.07) is 17.9. The first-order valence-corrected chi connectivity index (χ1v) is 10.7. The van der Waals surface area contributed by atoms with Gasteiger partial charge in [0.15, 0.2) is 0 Å². The van der Waals surface area contributed by atoms with Gasteiger partial charge >= 0.3 is 5.69 Å². The first-order chi connectivity index (χ1) is 16.1. The fourth-order valence-electron chi connectivity index (χ4n) is 4.09. The number of carbonyl (C=O) groups excluding carboxylic acids is 1. The fourth-order valence-corrected chi connectivity index (χ4v) is 4.09. The molecule has 0 aliphatic carbocycles. The number of hydrogen-bond donors (Lipinski definition) is 1. The lowest BCUT2D eigenvalue weighted by atomic mass is 10.2. The molecule has 0 unspecified atom stereocenters. The van der Waals surface area contributed by atoms with Crippen molar-refractivity contribution >= 4 is 22.6 Å². The lowest BCUT2D eigenvalue weighted by Gasteiger charge is -2.35. The van der Waals surface area contributed by atoms with Gasteiger partial charge < -0.3 is 9.80 Å². The minimum absolute atomic E-state index is 0.142. The van der Waals surface area contributed by atoms with Gasteiger partial charge in [-0.25, -0.2) is 14.8 Å². The molecule has 1 fully saturated rings. The van der Waals surface area contributed by atoms with Crippen molar-refractivity contribution in [2.24, 2.45) is 0 Å². The number of rotatable bonds is 4. The van der Waals surface area contributed by atoms with E-state index in [4.69, 9.17) is 0 Å². The minimum Gasteiger partial charge on any atom is -0.353 e. The Labute approximate surface area is 189 Å². The summed E-state index contributed by atoms with van der Waals surface area (Å²) < 4.78 is 1.46. The van der Waals surface area contributed by atoms with Crippen LogP contribution < -0.4 is 16.1 Å². The first kappa shape index (κ1) is 20.6. The molecule has 5 rings (SSSR count).